The molecule has 72 valence electrons. The van der Waals surface area contributed by atoms with Gasteiger partial charge in [-0.25, -0.2) is 9.37 Å². The SMILES string of the molecule is NCc1cc(F)cc(-n2ccnc2)c1. The number of halogens is 1. The normalized spacial score (nSPS) is 10.4. The zero-order valence-electron chi connectivity index (χ0n) is 7.52. The van der Waals surface area contributed by atoms with Crippen LogP contribution in [0, 0.1) is 5.82 Å². The first-order chi connectivity index (χ1) is 6.79. The molecule has 2 N–H and O–H groups in total. The molecule has 0 aliphatic heterocycles. The molecule has 0 saturated carbocycles. The molecule has 3 nitrogen and oxygen atoms in total. The molecule has 0 unspecified atom stereocenters. The van der Waals surface area contributed by atoms with Gasteiger partial charge in [0.15, 0.2) is 0 Å². The summed E-state index contributed by atoms with van der Waals surface area (Å²) in [4.78, 5) is 3.89. The molecule has 14 heavy (non-hydrogen) atoms. The predicted octanol–water partition coefficient (Wildman–Crippen LogP) is 1.47. The lowest BCUT2D eigenvalue weighted by molar-refractivity contribution is 0.624. The lowest BCUT2D eigenvalue weighted by Crippen LogP contribution is -1.99. The fourth-order valence-electron chi connectivity index (χ4n) is 1.31. The maximum Gasteiger partial charge on any atom is 0.125 e. The maximum atomic E-state index is 13.1. The van der Waals surface area contributed by atoms with Crippen molar-refractivity contribution in [3.05, 3.63) is 48.3 Å². The van der Waals surface area contributed by atoms with Gasteiger partial charge in [-0.3, -0.25) is 0 Å². The summed E-state index contributed by atoms with van der Waals surface area (Å²) in [7, 11) is 0. The number of hydrogen-bond acceptors (Lipinski definition) is 2. The van der Waals surface area contributed by atoms with Gasteiger partial charge < -0.3 is 10.3 Å². The highest BCUT2D eigenvalue weighted by Gasteiger charge is 2.00. The quantitative estimate of drug-likeness (QED) is 0.781. The first-order valence-electron chi connectivity index (χ1n) is 4.27. The Morgan fingerprint density at radius 2 is 2.21 bits per heavy atom. The van der Waals surface area contributed by atoms with Crippen LogP contribution in [0.15, 0.2) is 36.9 Å². The van der Waals surface area contributed by atoms with E-state index in [2.05, 4.69) is 4.98 Å². The summed E-state index contributed by atoms with van der Waals surface area (Å²) in [5, 5.41) is 0. The molecule has 4 heteroatoms. The van der Waals surface area contributed by atoms with Crippen molar-refractivity contribution in [2.45, 2.75) is 6.54 Å². The minimum absolute atomic E-state index is 0.281. The zero-order chi connectivity index (χ0) is 9.97. The first-order valence-corrected chi connectivity index (χ1v) is 4.27. The van der Waals surface area contributed by atoms with Gasteiger partial charge in [-0.05, 0) is 23.8 Å². The maximum absolute atomic E-state index is 13.1. The van der Waals surface area contributed by atoms with Crippen LogP contribution < -0.4 is 5.73 Å². The summed E-state index contributed by atoms with van der Waals surface area (Å²) >= 11 is 0. The van der Waals surface area contributed by atoms with Crippen LogP contribution in [0.2, 0.25) is 0 Å². The van der Waals surface area contributed by atoms with E-state index >= 15 is 0 Å². The van der Waals surface area contributed by atoms with Gasteiger partial charge in [0.2, 0.25) is 0 Å². The fraction of sp³-hybridized carbons (Fsp3) is 0.100. The van der Waals surface area contributed by atoms with Crippen LogP contribution in [0.4, 0.5) is 4.39 Å². The number of nitrogens with two attached hydrogens (primary N) is 1. The Bertz CT molecular complexity index is 423. The lowest BCUT2D eigenvalue weighted by atomic mass is 10.2. The topological polar surface area (TPSA) is 43.8 Å². The van der Waals surface area contributed by atoms with Crippen LogP contribution in [-0.4, -0.2) is 9.55 Å². The summed E-state index contributed by atoms with van der Waals surface area (Å²) in [5.41, 5.74) is 6.96. The van der Waals surface area contributed by atoms with Crippen molar-refractivity contribution in [3.63, 3.8) is 0 Å². The number of benzene rings is 1. The van der Waals surface area contributed by atoms with Gasteiger partial charge in [0, 0.05) is 24.6 Å². The average Bonchev–Trinajstić information content (AvgIpc) is 2.69. The van der Waals surface area contributed by atoms with Crippen LogP contribution in [0.5, 0.6) is 0 Å². The first kappa shape index (κ1) is 8.90. The summed E-state index contributed by atoms with van der Waals surface area (Å²) in [6, 6.07) is 4.71. The monoisotopic (exact) mass is 191 g/mol. The molecule has 0 saturated heterocycles. The number of imidazole rings is 1. The Morgan fingerprint density at radius 3 is 2.86 bits per heavy atom. The standard InChI is InChI=1S/C10H10FN3/c11-9-3-8(6-12)4-10(5-9)14-2-1-13-7-14/h1-5,7H,6,12H2. The third-order valence-electron chi connectivity index (χ3n) is 1.98. The molecule has 1 heterocycles. The molecule has 0 spiro atoms. The van der Waals surface area contributed by atoms with Gasteiger partial charge in [-0.2, -0.15) is 0 Å². The Morgan fingerprint density at radius 1 is 1.36 bits per heavy atom. The minimum atomic E-state index is -0.281. The van der Waals surface area contributed by atoms with Gasteiger partial charge in [0.1, 0.15) is 5.82 Å². The highest BCUT2D eigenvalue weighted by atomic mass is 19.1. The summed E-state index contributed by atoms with van der Waals surface area (Å²) in [6.45, 7) is 0.333. The second-order valence-corrected chi connectivity index (χ2v) is 2.99. The summed E-state index contributed by atoms with van der Waals surface area (Å²) < 4.78 is 14.9. The van der Waals surface area contributed by atoms with E-state index in [1.807, 2.05) is 6.07 Å². The highest BCUT2D eigenvalue weighted by molar-refractivity contribution is 5.36. The van der Waals surface area contributed by atoms with Gasteiger partial charge in [0.25, 0.3) is 0 Å². The van der Waals surface area contributed by atoms with Crippen LogP contribution in [0.1, 0.15) is 5.56 Å². The molecule has 1 aromatic carbocycles. The largest absolute Gasteiger partial charge is 0.326 e. The summed E-state index contributed by atoms with van der Waals surface area (Å²) in [5.74, 6) is -0.281. The number of nitrogens with zero attached hydrogens (tertiary/aromatic N) is 2. The van der Waals surface area contributed by atoms with E-state index in [0.717, 1.165) is 11.3 Å². The van der Waals surface area contributed by atoms with Crippen molar-refractivity contribution in [3.8, 4) is 5.69 Å². The fourth-order valence-corrected chi connectivity index (χ4v) is 1.31. The van der Waals surface area contributed by atoms with E-state index in [4.69, 9.17) is 5.73 Å². The number of aromatic nitrogens is 2. The molecule has 0 radical (unpaired) electrons. The van der Waals surface area contributed by atoms with Crippen molar-refractivity contribution in [2.75, 3.05) is 0 Å². The Kier molecular flexibility index (Phi) is 2.28. The molecule has 2 aromatic rings. The van der Waals surface area contributed by atoms with E-state index in [1.54, 1.807) is 23.3 Å². The third-order valence-corrected chi connectivity index (χ3v) is 1.98. The van der Waals surface area contributed by atoms with E-state index in [9.17, 15) is 4.39 Å². The molecule has 0 amide bonds. The van der Waals surface area contributed by atoms with Gasteiger partial charge in [-0.1, -0.05) is 0 Å². The molecule has 2 rings (SSSR count). The Labute approximate surface area is 81.0 Å². The Balaban J connectivity index is 2.48. The van der Waals surface area contributed by atoms with Crippen LogP contribution in [-0.2, 0) is 6.54 Å². The van der Waals surface area contributed by atoms with Crippen LogP contribution in [0.3, 0.4) is 0 Å². The van der Waals surface area contributed by atoms with Crippen LogP contribution in [0.25, 0.3) is 5.69 Å². The van der Waals surface area contributed by atoms with Gasteiger partial charge >= 0.3 is 0 Å². The average molecular weight is 191 g/mol. The van der Waals surface area contributed by atoms with E-state index in [1.165, 1.54) is 12.1 Å². The number of hydrogen-bond donors (Lipinski definition) is 1. The van der Waals surface area contributed by atoms with Crippen molar-refractivity contribution < 1.29 is 4.39 Å². The molecular weight excluding hydrogens is 181 g/mol. The van der Waals surface area contributed by atoms with Gasteiger partial charge in [0.05, 0.1) is 6.33 Å². The van der Waals surface area contributed by atoms with Gasteiger partial charge in [-0.15, -0.1) is 0 Å². The van der Waals surface area contributed by atoms with Crippen LogP contribution >= 0.6 is 0 Å². The van der Waals surface area contributed by atoms with E-state index in [0.29, 0.717) is 6.54 Å². The molecule has 0 aliphatic carbocycles. The predicted molar refractivity (Wildman–Crippen MR) is 51.4 cm³/mol. The molecule has 0 aliphatic rings. The second-order valence-electron chi connectivity index (χ2n) is 2.99. The van der Waals surface area contributed by atoms with Crippen molar-refractivity contribution in [2.24, 2.45) is 5.73 Å². The smallest absolute Gasteiger partial charge is 0.125 e. The number of rotatable bonds is 2. The van der Waals surface area contributed by atoms with Crippen molar-refractivity contribution in [1.82, 2.24) is 9.55 Å². The third kappa shape index (κ3) is 1.65. The lowest BCUT2D eigenvalue weighted by Gasteiger charge is -2.04. The molecule has 0 atom stereocenters. The highest BCUT2D eigenvalue weighted by Crippen LogP contribution is 2.12. The second kappa shape index (κ2) is 3.59. The molecule has 0 bridgehead atoms. The van der Waals surface area contributed by atoms with Crippen molar-refractivity contribution >= 4 is 0 Å². The molecule has 1 aromatic heterocycles. The van der Waals surface area contributed by atoms with Crippen molar-refractivity contribution in [1.29, 1.82) is 0 Å². The Hall–Kier alpha value is -1.68. The minimum Gasteiger partial charge on any atom is -0.326 e. The van der Waals surface area contributed by atoms with E-state index in [-0.39, 0.29) is 5.82 Å². The van der Waals surface area contributed by atoms with E-state index < -0.39 is 0 Å². The zero-order valence-corrected chi connectivity index (χ0v) is 7.52. The molecular formula is C10H10FN3. The molecule has 0 fully saturated rings. The summed E-state index contributed by atoms with van der Waals surface area (Å²) in [6.07, 6.45) is 5.02.